The minimum Gasteiger partial charge on any atom is -0.319 e. The molecule has 1 fully saturated rings. The lowest BCUT2D eigenvalue weighted by Gasteiger charge is -2.32. The van der Waals surface area contributed by atoms with Gasteiger partial charge in [-0.05, 0) is 24.6 Å². The summed E-state index contributed by atoms with van der Waals surface area (Å²) in [6.07, 6.45) is -0.108. The smallest absolute Gasteiger partial charge is 0.319 e. The third-order valence-electron chi connectivity index (χ3n) is 3.42. The van der Waals surface area contributed by atoms with Crippen molar-refractivity contribution in [1.29, 1.82) is 0 Å². The standard InChI is InChI=1S/C11H9FN2O4S/c12-6-1-2-8-7(5-6)11(3-4-19(8,17)18)9(15)13-10(16)14-11/h1-2,5H,3-4H2,(H2,13,14,15,16)/t11-/m0/s1. The van der Waals surface area contributed by atoms with E-state index in [1.165, 1.54) is 0 Å². The van der Waals surface area contributed by atoms with Crippen molar-refractivity contribution in [1.82, 2.24) is 10.6 Å². The number of nitrogens with one attached hydrogen (secondary N) is 2. The predicted molar refractivity (Wildman–Crippen MR) is 61.4 cm³/mol. The van der Waals surface area contributed by atoms with Crippen LogP contribution in [0.4, 0.5) is 9.18 Å². The molecule has 1 saturated heterocycles. The average molecular weight is 284 g/mol. The van der Waals surface area contributed by atoms with Crippen LogP contribution in [-0.4, -0.2) is 26.1 Å². The number of carbonyl (C=O) groups is 2. The minimum atomic E-state index is -3.56. The lowest BCUT2D eigenvalue weighted by atomic mass is 9.87. The highest BCUT2D eigenvalue weighted by molar-refractivity contribution is 7.91. The van der Waals surface area contributed by atoms with Gasteiger partial charge in [0, 0.05) is 5.56 Å². The maximum atomic E-state index is 13.4. The van der Waals surface area contributed by atoms with Gasteiger partial charge in [0.25, 0.3) is 5.91 Å². The molecule has 2 aliphatic heterocycles. The summed E-state index contributed by atoms with van der Waals surface area (Å²) < 4.78 is 37.3. The van der Waals surface area contributed by atoms with Crippen molar-refractivity contribution < 1.29 is 22.4 Å². The Morgan fingerprint density at radius 2 is 2.00 bits per heavy atom. The summed E-state index contributed by atoms with van der Waals surface area (Å²) in [7, 11) is -3.56. The summed E-state index contributed by atoms with van der Waals surface area (Å²) >= 11 is 0. The topological polar surface area (TPSA) is 92.3 Å². The summed E-state index contributed by atoms with van der Waals surface area (Å²) in [6, 6.07) is 2.42. The van der Waals surface area contributed by atoms with Crippen LogP contribution >= 0.6 is 0 Å². The Bertz CT molecular complexity index is 715. The van der Waals surface area contributed by atoms with E-state index in [1.807, 2.05) is 0 Å². The molecule has 0 radical (unpaired) electrons. The van der Waals surface area contributed by atoms with Gasteiger partial charge < -0.3 is 5.32 Å². The van der Waals surface area contributed by atoms with Gasteiger partial charge in [-0.3, -0.25) is 10.1 Å². The molecule has 3 amide bonds. The SMILES string of the molecule is O=C1NC(=O)[C@@]2(CCS(=O)(=O)c3ccc(F)cc32)N1. The van der Waals surface area contributed by atoms with Crippen LogP contribution in [0.25, 0.3) is 0 Å². The first kappa shape index (κ1) is 12.1. The maximum Gasteiger partial charge on any atom is 0.322 e. The van der Waals surface area contributed by atoms with Gasteiger partial charge in [-0.2, -0.15) is 0 Å². The number of fused-ring (bicyclic) bond motifs is 2. The van der Waals surface area contributed by atoms with Crippen molar-refractivity contribution in [2.75, 3.05) is 5.75 Å². The second-order valence-corrected chi connectivity index (χ2v) is 6.60. The van der Waals surface area contributed by atoms with Crippen LogP contribution in [0.2, 0.25) is 0 Å². The first-order valence-corrected chi connectivity index (χ1v) is 7.17. The fourth-order valence-electron chi connectivity index (χ4n) is 2.50. The Morgan fingerprint density at radius 3 is 2.63 bits per heavy atom. The number of sulfone groups is 1. The van der Waals surface area contributed by atoms with Crippen molar-refractivity contribution in [3.05, 3.63) is 29.6 Å². The van der Waals surface area contributed by atoms with Gasteiger partial charge in [-0.15, -0.1) is 0 Å². The molecule has 0 aromatic heterocycles. The number of halogens is 1. The molecule has 100 valence electrons. The lowest BCUT2D eigenvalue weighted by molar-refractivity contribution is -0.124. The normalized spacial score (nSPS) is 27.8. The van der Waals surface area contributed by atoms with E-state index in [9.17, 15) is 22.4 Å². The minimum absolute atomic E-state index is 0.0119. The molecule has 2 N–H and O–H groups in total. The van der Waals surface area contributed by atoms with Crippen molar-refractivity contribution in [2.45, 2.75) is 16.9 Å². The number of amides is 3. The molecule has 8 heteroatoms. The molecular formula is C11H9FN2O4S. The third-order valence-corrected chi connectivity index (χ3v) is 5.19. The number of imide groups is 1. The van der Waals surface area contributed by atoms with Crippen LogP contribution in [0, 0.1) is 5.82 Å². The first-order chi connectivity index (χ1) is 8.85. The van der Waals surface area contributed by atoms with Crippen LogP contribution in [0.5, 0.6) is 0 Å². The molecule has 2 heterocycles. The van der Waals surface area contributed by atoms with E-state index in [1.54, 1.807) is 0 Å². The van der Waals surface area contributed by atoms with Crippen LogP contribution in [-0.2, 0) is 20.2 Å². The summed E-state index contributed by atoms with van der Waals surface area (Å²) in [5.74, 6) is -1.59. The van der Waals surface area contributed by atoms with E-state index in [-0.39, 0.29) is 22.6 Å². The molecule has 0 aliphatic carbocycles. The molecule has 1 spiro atoms. The molecule has 19 heavy (non-hydrogen) atoms. The van der Waals surface area contributed by atoms with Crippen LogP contribution in [0.3, 0.4) is 0 Å². The molecule has 0 unspecified atom stereocenters. The van der Waals surface area contributed by atoms with E-state index in [4.69, 9.17) is 0 Å². The van der Waals surface area contributed by atoms with Gasteiger partial charge in [0.15, 0.2) is 9.84 Å². The zero-order chi connectivity index (χ0) is 13.8. The Kier molecular flexibility index (Phi) is 2.25. The number of hydrogen-bond acceptors (Lipinski definition) is 4. The second-order valence-electron chi connectivity index (χ2n) is 4.52. The van der Waals surface area contributed by atoms with Gasteiger partial charge in [-0.25, -0.2) is 17.6 Å². The predicted octanol–water partition coefficient (Wildman–Crippen LogP) is 0.0378. The molecular weight excluding hydrogens is 275 g/mol. The molecule has 1 aromatic carbocycles. The molecule has 6 nitrogen and oxygen atoms in total. The highest BCUT2D eigenvalue weighted by Crippen LogP contribution is 2.39. The quantitative estimate of drug-likeness (QED) is 0.519. The van der Waals surface area contributed by atoms with Crippen LogP contribution in [0.15, 0.2) is 23.1 Å². The van der Waals surface area contributed by atoms with E-state index in [0.29, 0.717) is 0 Å². The van der Waals surface area contributed by atoms with E-state index in [2.05, 4.69) is 10.6 Å². The second kappa shape index (κ2) is 3.53. The lowest BCUT2D eigenvalue weighted by Crippen LogP contribution is -2.48. The number of urea groups is 1. The first-order valence-electron chi connectivity index (χ1n) is 5.51. The molecule has 2 aliphatic rings. The number of hydrogen-bond donors (Lipinski definition) is 2. The molecule has 1 atom stereocenters. The van der Waals surface area contributed by atoms with Crippen molar-refractivity contribution in [3.63, 3.8) is 0 Å². The van der Waals surface area contributed by atoms with Crippen molar-refractivity contribution in [2.24, 2.45) is 0 Å². The molecule has 1 aromatic rings. The van der Waals surface area contributed by atoms with E-state index < -0.39 is 33.1 Å². The van der Waals surface area contributed by atoms with Gasteiger partial charge in [0.05, 0.1) is 10.6 Å². The highest BCUT2D eigenvalue weighted by atomic mass is 32.2. The third kappa shape index (κ3) is 1.56. The number of rotatable bonds is 0. The van der Waals surface area contributed by atoms with Crippen LogP contribution in [0.1, 0.15) is 12.0 Å². The average Bonchev–Trinajstić information content (AvgIpc) is 2.61. The number of carbonyl (C=O) groups excluding carboxylic acids is 2. The summed E-state index contributed by atoms with van der Waals surface area (Å²) in [5, 5.41) is 4.47. The number of benzene rings is 1. The molecule has 0 bridgehead atoms. The van der Waals surface area contributed by atoms with Crippen LogP contribution < -0.4 is 10.6 Å². The monoisotopic (exact) mass is 284 g/mol. The summed E-state index contributed by atoms with van der Waals surface area (Å²) in [5.41, 5.74) is -1.50. The summed E-state index contributed by atoms with van der Waals surface area (Å²) in [6.45, 7) is 0. The van der Waals surface area contributed by atoms with Gasteiger partial charge in [0.2, 0.25) is 0 Å². The van der Waals surface area contributed by atoms with Crippen molar-refractivity contribution >= 4 is 21.8 Å². The van der Waals surface area contributed by atoms with Gasteiger partial charge in [-0.1, -0.05) is 0 Å². The zero-order valence-corrected chi connectivity index (χ0v) is 10.4. The van der Waals surface area contributed by atoms with Crippen molar-refractivity contribution in [3.8, 4) is 0 Å². The fourth-order valence-corrected chi connectivity index (χ4v) is 4.13. The Morgan fingerprint density at radius 1 is 1.26 bits per heavy atom. The van der Waals surface area contributed by atoms with E-state index >= 15 is 0 Å². The Labute approximate surface area is 107 Å². The summed E-state index contributed by atoms with van der Waals surface area (Å²) in [4.78, 5) is 23.1. The Balaban J connectivity index is 2.31. The maximum absolute atomic E-state index is 13.4. The largest absolute Gasteiger partial charge is 0.322 e. The zero-order valence-electron chi connectivity index (χ0n) is 9.57. The Hall–Kier alpha value is -1.96. The fraction of sp³-hybridized carbons (Fsp3) is 0.273. The highest BCUT2D eigenvalue weighted by Gasteiger charge is 2.53. The van der Waals surface area contributed by atoms with Gasteiger partial charge in [0.1, 0.15) is 11.4 Å². The van der Waals surface area contributed by atoms with Gasteiger partial charge >= 0.3 is 6.03 Å². The van der Waals surface area contributed by atoms with E-state index in [0.717, 1.165) is 18.2 Å². The molecule has 3 rings (SSSR count). The molecule has 0 saturated carbocycles.